The van der Waals surface area contributed by atoms with E-state index >= 15 is 0 Å². The van der Waals surface area contributed by atoms with Gasteiger partial charge in [-0.25, -0.2) is 0 Å². The lowest BCUT2D eigenvalue weighted by Crippen LogP contribution is -2.15. The zero-order chi connectivity index (χ0) is 13.7. The number of aromatic nitrogens is 1. The molecular formula is C17H21NO. The maximum Gasteiger partial charge on any atom is 0.166 e. The highest BCUT2D eigenvalue weighted by molar-refractivity contribution is 6.08. The fraction of sp³-hybridized carbons (Fsp3) is 0.412. The minimum Gasteiger partial charge on any atom is -0.294 e. The van der Waals surface area contributed by atoms with E-state index in [1.807, 2.05) is 30.5 Å². The summed E-state index contributed by atoms with van der Waals surface area (Å²) in [6, 6.07) is 7.85. The van der Waals surface area contributed by atoms with Crippen molar-refractivity contribution in [2.45, 2.75) is 39.5 Å². The molecule has 0 aliphatic rings. The largest absolute Gasteiger partial charge is 0.294 e. The van der Waals surface area contributed by atoms with Gasteiger partial charge in [-0.15, -0.1) is 0 Å². The number of benzene rings is 1. The molecule has 2 aromatic rings. The van der Waals surface area contributed by atoms with E-state index in [2.05, 4.69) is 18.8 Å². The lowest BCUT2D eigenvalue weighted by molar-refractivity contribution is 0.0906. The van der Waals surface area contributed by atoms with E-state index in [0.29, 0.717) is 5.78 Å². The summed E-state index contributed by atoms with van der Waals surface area (Å²) in [6.07, 6.45) is 7.66. The molecule has 2 nitrogen and oxygen atoms in total. The summed E-state index contributed by atoms with van der Waals surface area (Å²) in [7, 11) is 0. The minimum atomic E-state index is 0.161. The standard InChI is InChI=1S/C17H21NO/c1-3-6-13(7-4-2)17(19)16-9-5-8-14-12-18-11-10-15(14)16/h5,8-13H,3-4,6-7H2,1-2H3. The van der Waals surface area contributed by atoms with Gasteiger partial charge in [-0.3, -0.25) is 9.78 Å². The summed E-state index contributed by atoms with van der Waals surface area (Å²) in [5.41, 5.74) is 0.854. The Morgan fingerprint density at radius 3 is 2.58 bits per heavy atom. The first-order valence-corrected chi connectivity index (χ1v) is 7.14. The van der Waals surface area contributed by atoms with Gasteiger partial charge in [0.2, 0.25) is 0 Å². The highest BCUT2D eigenvalue weighted by atomic mass is 16.1. The van der Waals surface area contributed by atoms with E-state index < -0.39 is 0 Å². The van der Waals surface area contributed by atoms with E-state index in [9.17, 15) is 4.79 Å². The van der Waals surface area contributed by atoms with Gasteiger partial charge in [-0.1, -0.05) is 44.9 Å². The van der Waals surface area contributed by atoms with Crippen molar-refractivity contribution >= 4 is 16.6 Å². The molecule has 1 aromatic carbocycles. The van der Waals surface area contributed by atoms with Gasteiger partial charge in [0.15, 0.2) is 5.78 Å². The zero-order valence-corrected chi connectivity index (χ0v) is 11.7. The number of nitrogens with zero attached hydrogens (tertiary/aromatic N) is 1. The number of hydrogen-bond donors (Lipinski definition) is 0. The molecule has 100 valence electrons. The molecule has 0 saturated carbocycles. The summed E-state index contributed by atoms with van der Waals surface area (Å²) < 4.78 is 0. The van der Waals surface area contributed by atoms with Crippen LogP contribution in [0, 0.1) is 5.92 Å². The van der Waals surface area contributed by atoms with Crippen molar-refractivity contribution in [3.8, 4) is 0 Å². The van der Waals surface area contributed by atoms with E-state index in [1.54, 1.807) is 6.20 Å². The lowest BCUT2D eigenvalue weighted by Gasteiger charge is -2.15. The van der Waals surface area contributed by atoms with E-state index in [-0.39, 0.29) is 5.92 Å². The third kappa shape index (κ3) is 3.01. The monoisotopic (exact) mass is 255 g/mol. The molecule has 0 atom stereocenters. The Labute approximate surface area is 114 Å². The van der Waals surface area contributed by atoms with E-state index in [4.69, 9.17) is 0 Å². The van der Waals surface area contributed by atoms with Crippen molar-refractivity contribution in [2.24, 2.45) is 5.92 Å². The van der Waals surface area contributed by atoms with Gasteiger partial charge >= 0.3 is 0 Å². The molecule has 0 bridgehead atoms. The topological polar surface area (TPSA) is 30.0 Å². The Balaban J connectivity index is 2.39. The fourth-order valence-electron chi connectivity index (χ4n) is 2.66. The third-order valence-corrected chi connectivity index (χ3v) is 3.59. The average Bonchev–Trinajstić information content (AvgIpc) is 2.46. The first-order chi connectivity index (χ1) is 9.27. The molecule has 0 unspecified atom stereocenters. The van der Waals surface area contributed by atoms with Crippen LogP contribution in [0.3, 0.4) is 0 Å². The lowest BCUT2D eigenvalue weighted by atomic mass is 9.88. The number of hydrogen-bond acceptors (Lipinski definition) is 2. The van der Waals surface area contributed by atoms with Crippen molar-refractivity contribution in [1.82, 2.24) is 4.98 Å². The summed E-state index contributed by atoms with van der Waals surface area (Å²) in [4.78, 5) is 16.8. The Hall–Kier alpha value is -1.70. The third-order valence-electron chi connectivity index (χ3n) is 3.59. The number of ketones is 1. The average molecular weight is 255 g/mol. The smallest absolute Gasteiger partial charge is 0.166 e. The fourth-order valence-corrected chi connectivity index (χ4v) is 2.66. The Morgan fingerprint density at radius 2 is 1.89 bits per heavy atom. The van der Waals surface area contributed by atoms with Crippen LogP contribution in [0.15, 0.2) is 36.7 Å². The molecule has 0 N–H and O–H groups in total. The predicted molar refractivity (Wildman–Crippen MR) is 79.4 cm³/mol. The highest BCUT2D eigenvalue weighted by Crippen LogP contribution is 2.24. The van der Waals surface area contributed by atoms with Crippen LogP contribution < -0.4 is 0 Å². The quantitative estimate of drug-likeness (QED) is 0.704. The summed E-state index contributed by atoms with van der Waals surface area (Å²) in [5, 5.41) is 2.07. The van der Waals surface area contributed by atoms with Crippen molar-refractivity contribution in [3.63, 3.8) is 0 Å². The first-order valence-electron chi connectivity index (χ1n) is 7.14. The van der Waals surface area contributed by atoms with E-state index in [0.717, 1.165) is 42.0 Å². The van der Waals surface area contributed by atoms with Gasteiger partial charge < -0.3 is 0 Å². The van der Waals surface area contributed by atoms with Crippen LogP contribution >= 0.6 is 0 Å². The Bertz CT molecular complexity index is 551. The van der Waals surface area contributed by atoms with Crippen LogP contribution in [0.2, 0.25) is 0 Å². The van der Waals surface area contributed by atoms with E-state index in [1.165, 1.54) is 0 Å². The van der Waals surface area contributed by atoms with Crippen LogP contribution in [0.5, 0.6) is 0 Å². The number of Topliss-reactive ketones (excluding diaryl/α,β-unsaturated/α-hetero) is 1. The second-order valence-corrected chi connectivity index (χ2v) is 5.04. The Morgan fingerprint density at radius 1 is 1.16 bits per heavy atom. The highest BCUT2D eigenvalue weighted by Gasteiger charge is 2.19. The number of rotatable bonds is 6. The summed E-state index contributed by atoms with van der Waals surface area (Å²) in [5.74, 6) is 0.453. The maximum absolute atomic E-state index is 12.7. The summed E-state index contributed by atoms with van der Waals surface area (Å²) >= 11 is 0. The molecule has 0 radical (unpaired) electrons. The first kappa shape index (κ1) is 13.7. The molecule has 2 rings (SSSR count). The van der Waals surface area contributed by atoms with Crippen LogP contribution in [0.1, 0.15) is 49.9 Å². The van der Waals surface area contributed by atoms with Crippen molar-refractivity contribution in [1.29, 1.82) is 0 Å². The second kappa shape index (κ2) is 6.46. The molecule has 0 saturated heterocycles. The molecule has 19 heavy (non-hydrogen) atoms. The van der Waals surface area contributed by atoms with Gasteiger partial charge in [0.1, 0.15) is 0 Å². The van der Waals surface area contributed by atoms with Crippen LogP contribution in [-0.4, -0.2) is 10.8 Å². The van der Waals surface area contributed by atoms with Crippen molar-refractivity contribution in [2.75, 3.05) is 0 Å². The van der Waals surface area contributed by atoms with Crippen molar-refractivity contribution < 1.29 is 4.79 Å². The molecule has 0 aliphatic carbocycles. The van der Waals surface area contributed by atoms with Crippen LogP contribution in [0.25, 0.3) is 10.8 Å². The maximum atomic E-state index is 12.7. The van der Waals surface area contributed by atoms with Gasteiger partial charge in [-0.2, -0.15) is 0 Å². The molecule has 1 heterocycles. The molecule has 0 fully saturated rings. The minimum absolute atomic E-state index is 0.161. The molecule has 0 aliphatic heterocycles. The van der Waals surface area contributed by atoms with Gasteiger partial charge in [-0.05, 0) is 24.3 Å². The SMILES string of the molecule is CCCC(CCC)C(=O)c1cccc2cnccc12. The van der Waals surface area contributed by atoms with Gasteiger partial charge in [0.05, 0.1) is 0 Å². The van der Waals surface area contributed by atoms with Crippen LogP contribution in [-0.2, 0) is 0 Å². The number of carbonyl (C=O) groups excluding carboxylic acids is 1. The Kier molecular flexibility index (Phi) is 4.67. The normalized spacial score (nSPS) is 11.1. The molecular weight excluding hydrogens is 234 g/mol. The number of carbonyl (C=O) groups is 1. The van der Waals surface area contributed by atoms with Crippen LogP contribution in [0.4, 0.5) is 0 Å². The molecule has 0 amide bonds. The molecule has 2 heteroatoms. The number of pyridine rings is 1. The molecule has 1 aromatic heterocycles. The second-order valence-electron chi connectivity index (χ2n) is 5.04. The number of fused-ring (bicyclic) bond motifs is 1. The van der Waals surface area contributed by atoms with Gasteiger partial charge in [0, 0.05) is 29.3 Å². The zero-order valence-electron chi connectivity index (χ0n) is 11.7. The molecule has 0 spiro atoms. The van der Waals surface area contributed by atoms with Crippen molar-refractivity contribution in [3.05, 3.63) is 42.2 Å². The van der Waals surface area contributed by atoms with Gasteiger partial charge in [0.25, 0.3) is 0 Å². The predicted octanol–water partition coefficient (Wildman–Crippen LogP) is 4.63. The summed E-state index contributed by atoms with van der Waals surface area (Å²) in [6.45, 7) is 4.28.